The Labute approximate surface area is 142 Å². The number of oxime groups is 1. The Morgan fingerprint density at radius 3 is 2.88 bits per heavy atom. The van der Waals surface area contributed by atoms with E-state index < -0.39 is 0 Å². The SMILES string of the molecule is CN1CCCC1COc1cc(N2CCNCC2)cc(/C(N)=N/O)n1. The lowest BCUT2D eigenvalue weighted by molar-refractivity contribution is 0.193. The van der Waals surface area contributed by atoms with Crippen LogP contribution in [0, 0.1) is 0 Å². The third-order valence-corrected chi connectivity index (χ3v) is 4.73. The van der Waals surface area contributed by atoms with Gasteiger partial charge in [-0.05, 0) is 32.5 Å². The van der Waals surface area contributed by atoms with Crippen LogP contribution in [0.2, 0.25) is 0 Å². The molecule has 0 spiro atoms. The first-order valence-corrected chi connectivity index (χ1v) is 8.46. The maximum Gasteiger partial charge on any atom is 0.216 e. The fourth-order valence-corrected chi connectivity index (χ4v) is 3.22. The molecular formula is C16H26N6O2. The number of ether oxygens (including phenoxy) is 1. The monoisotopic (exact) mass is 334 g/mol. The van der Waals surface area contributed by atoms with Crippen molar-refractivity contribution in [1.29, 1.82) is 0 Å². The number of hydrogen-bond acceptors (Lipinski definition) is 7. The van der Waals surface area contributed by atoms with Crippen LogP contribution in [0.4, 0.5) is 5.69 Å². The van der Waals surface area contributed by atoms with Gasteiger partial charge in [-0.1, -0.05) is 5.16 Å². The number of hydrogen-bond donors (Lipinski definition) is 3. The van der Waals surface area contributed by atoms with Gasteiger partial charge in [-0.15, -0.1) is 0 Å². The quantitative estimate of drug-likeness (QED) is 0.303. The highest BCUT2D eigenvalue weighted by atomic mass is 16.5. The highest BCUT2D eigenvalue weighted by Gasteiger charge is 2.22. The molecule has 132 valence electrons. The second-order valence-electron chi connectivity index (χ2n) is 6.36. The van der Waals surface area contributed by atoms with Gasteiger partial charge in [0.05, 0.1) is 0 Å². The number of likely N-dealkylation sites (N-methyl/N-ethyl adjacent to an activating group) is 1. The lowest BCUT2D eigenvalue weighted by atomic mass is 10.2. The van der Waals surface area contributed by atoms with Gasteiger partial charge in [0.2, 0.25) is 5.88 Å². The standard InChI is InChI=1S/C16H26N6O2/c1-21-6-2-3-12(21)11-24-15-10-13(22-7-4-18-5-8-22)9-14(19-15)16(17)20-23/h9-10,12,18,23H,2-8,11H2,1H3,(H2,17,20). The zero-order valence-electron chi connectivity index (χ0n) is 14.1. The van der Waals surface area contributed by atoms with E-state index in [1.165, 1.54) is 6.42 Å². The molecule has 2 aliphatic rings. The fraction of sp³-hybridized carbons (Fsp3) is 0.625. The smallest absolute Gasteiger partial charge is 0.216 e. The molecule has 8 heteroatoms. The molecule has 3 rings (SSSR count). The molecule has 0 radical (unpaired) electrons. The Morgan fingerprint density at radius 2 is 2.21 bits per heavy atom. The van der Waals surface area contributed by atoms with Crippen LogP contribution in [-0.2, 0) is 0 Å². The Bertz CT molecular complexity index is 588. The Balaban J connectivity index is 1.78. The van der Waals surface area contributed by atoms with Gasteiger partial charge in [-0.25, -0.2) is 4.98 Å². The molecule has 1 aromatic rings. The van der Waals surface area contributed by atoms with Crippen molar-refractivity contribution in [3.8, 4) is 5.88 Å². The first-order chi connectivity index (χ1) is 11.7. The van der Waals surface area contributed by atoms with E-state index in [4.69, 9.17) is 15.7 Å². The summed E-state index contributed by atoms with van der Waals surface area (Å²) in [6, 6.07) is 4.20. The normalized spacial score (nSPS) is 22.8. The average Bonchev–Trinajstić information content (AvgIpc) is 3.04. The van der Waals surface area contributed by atoms with Crippen LogP contribution in [0.3, 0.4) is 0 Å². The van der Waals surface area contributed by atoms with Crippen molar-refractivity contribution in [3.05, 3.63) is 17.8 Å². The minimum Gasteiger partial charge on any atom is -0.476 e. The summed E-state index contributed by atoms with van der Waals surface area (Å²) in [4.78, 5) is 8.95. The van der Waals surface area contributed by atoms with Crippen LogP contribution >= 0.6 is 0 Å². The van der Waals surface area contributed by atoms with Crippen LogP contribution in [0.25, 0.3) is 0 Å². The summed E-state index contributed by atoms with van der Waals surface area (Å²) in [6.45, 7) is 5.39. The lowest BCUT2D eigenvalue weighted by Gasteiger charge is -2.30. The van der Waals surface area contributed by atoms with E-state index >= 15 is 0 Å². The van der Waals surface area contributed by atoms with Crippen LogP contribution in [0.1, 0.15) is 18.5 Å². The van der Waals surface area contributed by atoms with Crippen LogP contribution in [0.15, 0.2) is 17.3 Å². The number of anilines is 1. The molecule has 0 aliphatic carbocycles. The first kappa shape index (κ1) is 16.8. The summed E-state index contributed by atoms with van der Waals surface area (Å²) in [5.41, 5.74) is 7.17. The van der Waals surface area contributed by atoms with E-state index in [0.717, 1.165) is 44.8 Å². The Kier molecular flexibility index (Phi) is 5.37. The summed E-state index contributed by atoms with van der Waals surface area (Å²) in [6.07, 6.45) is 2.34. The molecule has 24 heavy (non-hydrogen) atoms. The number of amidine groups is 1. The van der Waals surface area contributed by atoms with E-state index in [-0.39, 0.29) is 5.84 Å². The summed E-state index contributed by atoms with van der Waals surface area (Å²) >= 11 is 0. The number of nitrogens with two attached hydrogens (primary N) is 1. The zero-order valence-corrected chi connectivity index (χ0v) is 14.1. The van der Waals surface area contributed by atoms with E-state index in [0.29, 0.717) is 24.2 Å². The van der Waals surface area contributed by atoms with Gasteiger partial charge in [-0.3, -0.25) is 0 Å². The molecule has 0 aromatic carbocycles. The molecule has 2 saturated heterocycles. The molecule has 2 aliphatic heterocycles. The number of likely N-dealkylation sites (tertiary alicyclic amines) is 1. The molecule has 3 heterocycles. The highest BCUT2D eigenvalue weighted by molar-refractivity contribution is 5.96. The molecule has 1 aromatic heterocycles. The van der Waals surface area contributed by atoms with Crippen molar-refractivity contribution in [1.82, 2.24) is 15.2 Å². The largest absolute Gasteiger partial charge is 0.476 e. The summed E-state index contributed by atoms with van der Waals surface area (Å²) < 4.78 is 5.94. The van der Waals surface area contributed by atoms with E-state index in [1.807, 2.05) is 12.1 Å². The maximum atomic E-state index is 8.97. The first-order valence-electron chi connectivity index (χ1n) is 8.46. The van der Waals surface area contributed by atoms with Crippen LogP contribution in [0.5, 0.6) is 5.88 Å². The summed E-state index contributed by atoms with van der Waals surface area (Å²) in [5, 5.41) is 15.4. The predicted molar refractivity (Wildman–Crippen MR) is 93.0 cm³/mol. The third kappa shape index (κ3) is 3.88. The molecule has 0 amide bonds. The average molecular weight is 334 g/mol. The van der Waals surface area contributed by atoms with Crippen LogP contribution in [-0.4, -0.2) is 73.3 Å². The number of rotatable bonds is 5. The number of pyridine rings is 1. The molecular weight excluding hydrogens is 308 g/mol. The molecule has 0 saturated carbocycles. The fourth-order valence-electron chi connectivity index (χ4n) is 3.22. The Hall–Kier alpha value is -2.06. The van der Waals surface area contributed by atoms with Gasteiger partial charge in [0, 0.05) is 44.0 Å². The van der Waals surface area contributed by atoms with Gasteiger partial charge in [0.25, 0.3) is 0 Å². The predicted octanol–water partition coefficient (Wildman–Crippen LogP) is 0.0587. The molecule has 8 nitrogen and oxygen atoms in total. The van der Waals surface area contributed by atoms with Crippen molar-refractivity contribution < 1.29 is 9.94 Å². The topological polar surface area (TPSA) is 99.2 Å². The third-order valence-electron chi connectivity index (χ3n) is 4.73. The van der Waals surface area contributed by atoms with Crippen molar-refractivity contribution in [3.63, 3.8) is 0 Å². The van der Waals surface area contributed by atoms with Gasteiger partial charge in [-0.2, -0.15) is 0 Å². The van der Waals surface area contributed by atoms with Crippen molar-refractivity contribution in [2.75, 3.05) is 51.3 Å². The summed E-state index contributed by atoms with van der Waals surface area (Å²) in [7, 11) is 2.12. The van der Waals surface area contributed by atoms with Crippen molar-refractivity contribution in [2.24, 2.45) is 10.9 Å². The zero-order chi connectivity index (χ0) is 16.9. The van der Waals surface area contributed by atoms with Crippen LogP contribution < -0.4 is 20.7 Å². The number of nitrogens with zero attached hydrogens (tertiary/aromatic N) is 4. The number of aromatic nitrogens is 1. The number of piperazine rings is 1. The molecule has 4 N–H and O–H groups in total. The second-order valence-corrected chi connectivity index (χ2v) is 6.36. The number of nitrogens with one attached hydrogen (secondary N) is 1. The van der Waals surface area contributed by atoms with Gasteiger partial charge < -0.3 is 30.8 Å². The van der Waals surface area contributed by atoms with Crippen molar-refractivity contribution in [2.45, 2.75) is 18.9 Å². The van der Waals surface area contributed by atoms with E-state index in [1.54, 1.807) is 0 Å². The Morgan fingerprint density at radius 1 is 1.42 bits per heavy atom. The molecule has 1 unspecified atom stereocenters. The summed E-state index contributed by atoms with van der Waals surface area (Å²) in [5.74, 6) is 0.516. The molecule has 1 atom stereocenters. The van der Waals surface area contributed by atoms with Gasteiger partial charge in [0.15, 0.2) is 5.84 Å². The maximum absolute atomic E-state index is 8.97. The van der Waals surface area contributed by atoms with E-state index in [9.17, 15) is 0 Å². The minimum atomic E-state index is -0.00480. The van der Waals surface area contributed by atoms with Gasteiger partial charge >= 0.3 is 0 Å². The van der Waals surface area contributed by atoms with Gasteiger partial charge in [0.1, 0.15) is 12.3 Å². The lowest BCUT2D eigenvalue weighted by Crippen LogP contribution is -2.43. The van der Waals surface area contributed by atoms with E-state index in [2.05, 4.69) is 32.3 Å². The second kappa shape index (κ2) is 7.67. The van der Waals surface area contributed by atoms with Crippen molar-refractivity contribution >= 4 is 11.5 Å². The minimum absolute atomic E-state index is 0.00480. The molecule has 0 bridgehead atoms. The highest BCUT2D eigenvalue weighted by Crippen LogP contribution is 2.23. The molecule has 2 fully saturated rings.